The van der Waals surface area contributed by atoms with Crippen molar-refractivity contribution in [3.05, 3.63) is 11.7 Å². The average Bonchev–Trinajstić information content (AvgIpc) is 2.93. The van der Waals surface area contributed by atoms with Gasteiger partial charge in [-0.05, 0) is 25.5 Å². The van der Waals surface area contributed by atoms with Gasteiger partial charge in [0, 0.05) is 13.1 Å². The lowest BCUT2D eigenvalue weighted by atomic mass is 10.0. The predicted molar refractivity (Wildman–Crippen MR) is 64.8 cm³/mol. The van der Waals surface area contributed by atoms with Gasteiger partial charge >= 0.3 is 0 Å². The molecule has 0 bridgehead atoms. The van der Waals surface area contributed by atoms with Gasteiger partial charge in [-0.15, -0.1) is 0 Å². The predicted octanol–water partition coefficient (Wildman–Crippen LogP) is 1.52. The first-order chi connectivity index (χ1) is 8.25. The number of nitrogens with one attached hydrogen (secondary N) is 1. The molecule has 1 N–H and O–H groups in total. The third kappa shape index (κ3) is 2.48. The Morgan fingerprint density at radius 3 is 3.12 bits per heavy atom. The normalized spacial score (nSPS) is 27.0. The Hall–Kier alpha value is -0.590. The van der Waals surface area contributed by atoms with Crippen LogP contribution >= 0.6 is 11.8 Å². The molecule has 6 heteroatoms. The molecule has 5 nitrogen and oxygen atoms in total. The van der Waals surface area contributed by atoms with Crippen LogP contribution in [0, 0.1) is 0 Å². The van der Waals surface area contributed by atoms with E-state index in [1.165, 1.54) is 12.2 Å². The van der Waals surface area contributed by atoms with Crippen LogP contribution in [0.1, 0.15) is 36.7 Å². The van der Waals surface area contributed by atoms with Crippen molar-refractivity contribution in [2.45, 2.75) is 37.2 Å². The largest absolute Gasteiger partial charge is 0.363 e. The molecule has 17 heavy (non-hydrogen) atoms. The number of aromatic nitrogens is 2. The Bertz CT molecular complexity index is 386. The zero-order valence-electron chi connectivity index (χ0n) is 9.94. The quantitative estimate of drug-likeness (QED) is 0.880. The first-order valence-electron chi connectivity index (χ1n) is 6.04. The van der Waals surface area contributed by atoms with E-state index in [0.717, 1.165) is 25.3 Å². The highest BCUT2D eigenvalue weighted by Gasteiger charge is 2.33. The number of rotatable bonds is 4. The number of hydrogen-bond acceptors (Lipinski definition) is 6. The summed E-state index contributed by atoms with van der Waals surface area (Å²) in [4.78, 5) is 4.41. The summed E-state index contributed by atoms with van der Waals surface area (Å²) in [6, 6.07) is 0. The molecule has 94 valence electrons. The second-order valence-corrected chi connectivity index (χ2v) is 6.20. The van der Waals surface area contributed by atoms with Crippen LogP contribution in [-0.4, -0.2) is 34.6 Å². The Labute approximate surface area is 105 Å². The van der Waals surface area contributed by atoms with Crippen LogP contribution in [-0.2, 0) is 11.3 Å². The number of ether oxygens (including phenoxy) is 1. The van der Waals surface area contributed by atoms with Crippen molar-refractivity contribution in [2.75, 3.05) is 18.8 Å². The van der Waals surface area contributed by atoms with E-state index < -0.39 is 0 Å². The molecule has 3 heterocycles. The summed E-state index contributed by atoms with van der Waals surface area (Å²) in [5, 5.41) is 7.66. The molecule has 2 aliphatic heterocycles. The summed E-state index contributed by atoms with van der Waals surface area (Å²) in [6.07, 6.45) is 2.41. The molecular weight excluding hydrogens is 238 g/mol. The zero-order valence-corrected chi connectivity index (χ0v) is 10.8. The maximum absolute atomic E-state index is 5.76. The molecule has 1 atom stereocenters. The van der Waals surface area contributed by atoms with Gasteiger partial charge in [-0.25, -0.2) is 0 Å². The highest BCUT2D eigenvalue weighted by atomic mass is 32.2. The minimum Gasteiger partial charge on any atom is -0.363 e. The SMILES string of the molecule is CC1(OCc2nc(C3CCCS3)no2)CNC1. The minimum absolute atomic E-state index is 0.0588. The molecular formula is C11H17N3O2S. The molecule has 1 aromatic rings. The van der Waals surface area contributed by atoms with Crippen LogP contribution in [0.15, 0.2) is 4.52 Å². The molecule has 0 radical (unpaired) electrons. The Morgan fingerprint density at radius 1 is 1.59 bits per heavy atom. The first-order valence-corrected chi connectivity index (χ1v) is 7.09. The molecule has 1 unspecified atom stereocenters. The second kappa shape index (κ2) is 4.59. The second-order valence-electron chi connectivity index (χ2n) is 4.89. The Balaban J connectivity index is 1.56. The molecule has 0 saturated carbocycles. The molecule has 0 aliphatic carbocycles. The van der Waals surface area contributed by atoms with Gasteiger partial charge in [0.05, 0.1) is 10.9 Å². The fourth-order valence-corrected chi connectivity index (χ4v) is 3.25. The molecule has 0 spiro atoms. The Morgan fingerprint density at radius 2 is 2.47 bits per heavy atom. The summed E-state index contributed by atoms with van der Waals surface area (Å²) < 4.78 is 11.0. The molecule has 0 amide bonds. The van der Waals surface area contributed by atoms with Gasteiger partial charge in [-0.3, -0.25) is 0 Å². The van der Waals surface area contributed by atoms with Crippen LogP contribution in [0.25, 0.3) is 0 Å². The molecule has 0 aromatic carbocycles. The van der Waals surface area contributed by atoms with Crippen LogP contribution < -0.4 is 5.32 Å². The van der Waals surface area contributed by atoms with E-state index in [1.54, 1.807) is 0 Å². The summed E-state index contributed by atoms with van der Waals surface area (Å²) in [5.74, 6) is 2.64. The smallest absolute Gasteiger partial charge is 0.252 e. The van der Waals surface area contributed by atoms with E-state index in [4.69, 9.17) is 9.26 Å². The highest BCUT2D eigenvalue weighted by molar-refractivity contribution is 7.99. The average molecular weight is 255 g/mol. The lowest BCUT2D eigenvalue weighted by Crippen LogP contribution is -2.58. The Kier molecular flexibility index (Phi) is 3.10. The molecule has 1 aromatic heterocycles. The lowest BCUT2D eigenvalue weighted by Gasteiger charge is -2.38. The van der Waals surface area contributed by atoms with Crippen molar-refractivity contribution < 1.29 is 9.26 Å². The van der Waals surface area contributed by atoms with E-state index in [0.29, 0.717) is 17.7 Å². The maximum atomic E-state index is 5.76. The minimum atomic E-state index is -0.0588. The van der Waals surface area contributed by atoms with E-state index in [9.17, 15) is 0 Å². The van der Waals surface area contributed by atoms with Crippen LogP contribution in [0.3, 0.4) is 0 Å². The lowest BCUT2D eigenvalue weighted by molar-refractivity contribution is -0.0841. The number of thioether (sulfide) groups is 1. The van der Waals surface area contributed by atoms with E-state index in [1.807, 2.05) is 11.8 Å². The van der Waals surface area contributed by atoms with Gasteiger partial charge in [-0.1, -0.05) is 5.16 Å². The van der Waals surface area contributed by atoms with Crippen molar-refractivity contribution in [3.8, 4) is 0 Å². The van der Waals surface area contributed by atoms with Gasteiger partial charge in [0.1, 0.15) is 6.61 Å². The van der Waals surface area contributed by atoms with Crippen LogP contribution in [0.4, 0.5) is 0 Å². The van der Waals surface area contributed by atoms with Crippen molar-refractivity contribution in [2.24, 2.45) is 0 Å². The first kappa shape index (κ1) is 11.5. The zero-order chi connectivity index (χ0) is 11.7. The number of nitrogens with zero attached hydrogens (tertiary/aromatic N) is 2. The van der Waals surface area contributed by atoms with Gasteiger partial charge < -0.3 is 14.6 Å². The van der Waals surface area contributed by atoms with Crippen LogP contribution in [0.5, 0.6) is 0 Å². The van der Waals surface area contributed by atoms with Crippen molar-refractivity contribution in [1.82, 2.24) is 15.5 Å². The highest BCUT2D eigenvalue weighted by Crippen LogP contribution is 2.38. The van der Waals surface area contributed by atoms with Crippen molar-refractivity contribution in [1.29, 1.82) is 0 Å². The molecule has 2 fully saturated rings. The van der Waals surface area contributed by atoms with Gasteiger partial charge in [0.15, 0.2) is 5.82 Å². The summed E-state index contributed by atoms with van der Waals surface area (Å²) in [6.45, 7) is 4.30. The molecule has 2 saturated heterocycles. The van der Waals surface area contributed by atoms with Gasteiger partial charge in [-0.2, -0.15) is 16.7 Å². The maximum Gasteiger partial charge on any atom is 0.252 e. The fraction of sp³-hybridized carbons (Fsp3) is 0.818. The summed E-state index contributed by atoms with van der Waals surface area (Å²) >= 11 is 1.91. The van der Waals surface area contributed by atoms with Crippen molar-refractivity contribution >= 4 is 11.8 Å². The monoisotopic (exact) mass is 255 g/mol. The summed E-state index contributed by atoms with van der Waals surface area (Å²) in [5.41, 5.74) is -0.0588. The third-order valence-corrected chi connectivity index (χ3v) is 4.62. The van der Waals surface area contributed by atoms with Gasteiger partial charge in [0.25, 0.3) is 5.89 Å². The van der Waals surface area contributed by atoms with E-state index in [-0.39, 0.29) is 5.60 Å². The van der Waals surface area contributed by atoms with Gasteiger partial charge in [0.2, 0.25) is 0 Å². The van der Waals surface area contributed by atoms with Crippen molar-refractivity contribution in [3.63, 3.8) is 0 Å². The van der Waals surface area contributed by atoms with E-state index >= 15 is 0 Å². The molecule has 2 aliphatic rings. The van der Waals surface area contributed by atoms with Crippen LogP contribution in [0.2, 0.25) is 0 Å². The standard InChI is InChI=1S/C11H17N3O2S/c1-11(6-12-7-11)15-5-9-13-10(14-16-9)8-3-2-4-17-8/h8,12H,2-7H2,1H3. The third-order valence-electron chi connectivity index (χ3n) is 3.24. The summed E-state index contributed by atoms with van der Waals surface area (Å²) in [7, 11) is 0. The number of hydrogen-bond donors (Lipinski definition) is 1. The fourth-order valence-electron chi connectivity index (χ4n) is 2.05. The molecule has 3 rings (SSSR count). The topological polar surface area (TPSA) is 60.2 Å². The van der Waals surface area contributed by atoms with E-state index in [2.05, 4.69) is 22.4 Å².